The van der Waals surface area contributed by atoms with Crippen molar-refractivity contribution in [2.24, 2.45) is 0 Å². The molecule has 0 radical (unpaired) electrons. The molecule has 118 valence electrons. The van der Waals surface area contributed by atoms with Gasteiger partial charge in [0.2, 0.25) is 0 Å². The summed E-state index contributed by atoms with van der Waals surface area (Å²) in [5.41, 5.74) is 1.68. The molecule has 5 heteroatoms. The first kappa shape index (κ1) is 15.9. The molecule has 0 unspecified atom stereocenters. The molecule has 2 amide bonds. The van der Waals surface area contributed by atoms with E-state index in [9.17, 15) is 4.79 Å². The second-order valence-electron chi connectivity index (χ2n) is 5.91. The molecule has 0 atom stereocenters. The standard InChI is InChI=1S/C18H16Cl2N2O/c1-12-18(2,3)22(16-10-6-14(20)7-11-16)17(23)21(12)15-8-4-13(19)5-9-15/h4-11H,1H2,2-3H3. The van der Waals surface area contributed by atoms with Crippen molar-refractivity contribution in [1.29, 1.82) is 0 Å². The van der Waals surface area contributed by atoms with E-state index < -0.39 is 5.54 Å². The van der Waals surface area contributed by atoms with Gasteiger partial charge >= 0.3 is 6.03 Å². The third-order valence-corrected chi connectivity index (χ3v) is 4.59. The van der Waals surface area contributed by atoms with Crippen molar-refractivity contribution in [3.05, 3.63) is 70.9 Å². The Labute approximate surface area is 145 Å². The van der Waals surface area contributed by atoms with Crippen LogP contribution in [0.2, 0.25) is 10.0 Å². The maximum Gasteiger partial charge on any atom is 0.334 e. The lowest BCUT2D eigenvalue weighted by atomic mass is 10.00. The summed E-state index contributed by atoms with van der Waals surface area (Å²) in [6, 6.07) is 14.2. The highest BCUT2D eigenvalue weighted by Gasteiger charge is 2.48. The minimum absolute atomic E-state index is 0.148. The molecule has 0 aliphatic carbocycles. The summed E-state index contributed by atoms with van der Waals surface area (Å²) in [6.07, 6.45) is 0. The first-order valence-corrected chi connectivity index (χ1v) is 7.93. The van der Waals surface area contributed by atoms with E-state index >= 15 is 0 Å². The molecule has 0 saturated carbocycles. The highest BCUT2D eigenvalue weighted by atomic mass is 35.5. The fraction of sp³-hybridized carbons (Fsp3) is 0.167. The van der Waals surface area contributed by atoms with Crippen molar-refractivity contribution in [3.63, 3.8) is 0 Å². The Bertz CT molecular complexity index is 767. The molecule has 1 heterocycles. The fourth-order valence-electron chi connectivity index (χ4n) is 2.74. The Kier molecular flexibility index (Phi) is 3.86. The first-order valence-electron chi connectivity index (χ1n) is 7.17. The van der Waals surface area contributed by atoms with Crippen LogP contribution in [0.25, 0.3) is 0 Å². The Morgan fingerprint density at radius 3 is 1.78 bits per heavy atom. The number of anilines is 2. The van der Waals surface area contributed by atoms with Crippen LogP contribution in [0.1, 0.15) is 13.8 Å². The third kappa shape index (κ3) is 2.60. The maximum absolute atomic E-state index is 13.0. The number of nitrogens with zero attached hydrogens (tertiary/aromatic N) is 2. The molecule has 3 rings (SSSR count). The smallest absolute Gasteiger partial charge is 0.283 e. The predicted octanol–water partition coefficient (Wildman–Crippen LogP) is 5.73. The second kappa shape index (κ2) is 5.59. The lowest BCUT2D eigenvalue weighted by Crippen LogP contribution is -2.41. The molecule has 2 aromatic rings. The second-order valence-corrected chi connectivity index (χ2v) is 6.78. The van der Waals surface area contributed by atoms with Crippen LogP contribution >= 0.6 is 23.2 Å². The summed E-state index contributed by atoms with van der Waals surface area (Å²) in [7, 11) is 0. The molecule has 3 nitrogen and oxygen atoms in total. The number of hydrogen-bond acceptors (Lipinski definition) is 1. The van der Waals surface area contributed by atoms with E-state index in [0.717, 1.165) is 11.4 Å². The highest BCUT2D eigenvalue weighted by Crippen LogP contribution is 2.41. The van der Waals surface area contributed by atoms with Gasteiger partial charge in [0.05, 0.1) is 11.2 Å². The van der Waals surface area contributed by atoms with Crippen LogP contribution in [0.3, 0.4) is 0 Å². The van der Waals surface area contributed by atoms with E-state index in [1.807, 2.05) is 38.1 Å². The van der Waals surface area contributed by atoms with Gasteiger partial charge in [-0.15, -0.1) is 0 Å². The Balaban J connectivity index is 2.05. The van der Waals surface area contributed by atoms with Gasteiger partial charge in [0.15, 0.2) is 0 Å². The van der Waals surface area contributed by atoms with Gasteiger partial charge in [0.25, 0.3) is 0 Å². The number of halogens is 2. The number of amides is 2. The van der Waals surface area contributed by atoms with Crippen LogP contribution in [0.4, 0.5) is 16.2 Å². The monoisotopic (exact) mass is 346 g/mol. The average Bonchev–Trinajstić information content (AvgIpc) is 2.68. The third-order valence-electron chi connectivity index (χ3n) is 4.09. The van der Waals surface area contributed by atoms with Crippen LogP contribution in [0.5, 0.6) is 0 Å². The minimum atomic E-state index is -0.551. The van der Waals surface area contributed by atoms with E-state index in [-0.39, 0.29) is 6.03 Å². The van der Waals surface area contributed by atoms with Crippen LogP contribution in [-0.4, -0.2) is 11.6 Å². The number of hydrogen-bond donors (Lipinski definition) is 0. The van der Waals surface area contributed by atoms with E-state index in [1.165, 1.54) is 0 Å². The summed E-state index contributed by atoms with van der Waals surface area (Å²) in [6.45, 7) is 8.08. The molecular formula is C18H16Cl2N2O. The fourth-order valence-corrected chi connectivity index (χ4v) is 2.99. The van der Waals surface area contributed by atoms with Gasteiger partial charge < -0.3 is 0 Å². The molecule has 1 fully saturated rings. The number of urea groups is 1. The normalized spacial score (nSPS) is 17.0. The van der Waals surface area contributed by atoms with Gasteiger partial charge in [-0.05, 0) is 62.4 Å². The highest BCUT2D eigenvalue weighted by molar-refractivity contribution is 6.31. The Hall–Kier alpha value is -1.97. The Morgan fingerprint density at radius 1 is 0.870 bits per heavy atom. The molecule has 0 spiro atoms. The van der Waals surface area contributed by atoms with Gasteiger partial charge in [0, 0.05) is 21.4 Å². The molecule has 1 saturated heterocycles. The van der Waals surface area contributed by atoms with E-state index in [0.29, 0.717) is 15.7 Å². The van der Waals surface area contributed by atoms with Gasteiger partial charge in [-0.2, -0.15) is 0 Å². The van der Waals surface area contributed by atoms with Gasteiger partial charge in [-0.25, -0.2) is 4.79 Å². The summed E-state index contributed by atoms with van der Waals surface area (Å²) >= 11 is 11.9. The summed E-state index contributed by atoms with van der Waals surface area (Å²) in [5.74, 6) is 0. The molecule has 0 bridgehead atoms. The Morgan fingerprint density at radius 2 is 1.30 bits per heavy atom. The zero-order valence-electron chi connectivity index (χ0n) is 12.9. The van der Waals surface area contributed by atoms with Crippen LogP contribution in [0, 0.1) is 0 Å². The molecule has 1 aliphatic heterocycles. The van der Waals surface area contributed by atoms with E-state index in [2.05, 4.69) is 6.58 Å². The van der Waals surface area contributed by atoms with Crippen molar-refractivity contribution in [2.75, 3.05) is 9.80 Å². The average molecular weight is 347 g/mol. The summed E-state index contributed by atoms with van der Waals surface area (Å²) < 4.78 is 0. The quantitative estimate of drug-likeness (QED) is 0.680. The van der Waals surface area contributed by atoms with E-state index in [4.69, 9.17) is 23.2 Å². The molecule has 2 aromatic carbocycles. The zero-order chi connectivity index (χ0) is 16.8. The van der Waals surface area contributed by atoms with Crippen molar-refractivity contribution in [1.82, 2.24) is 0 Å². The number of carbonyl (C=O) groups excluding carboxylic acids is 1. The first-order chi connectivity index (χ1) is 10.8. The van der Waals surface area contributed by atoms with Crippen LogP contribution in [-0.2, 0) is 0 Å². The number of carbonyl (C=O) groups is 1. The number of rotatable bonds is 2. The molecule has 0 aromatic heterocycles. The van der Waals surface area contributed by atoms with Crippen molar-refractivity contribution >= 4 is 40.6 Å². The number of benzene rings is 2. The summed E-state index contributed by atoms with van der Waals surface area (Å²) in [5, 5.41) is 1.26. The SMILES string of the molecule is C=C1N(c2ccc(Cl)cc2)C(=O)N(c2ccc(Cl)cc2)C1(C)C. The van der Waals surface area contributed by atoms with E-state index in [1.54, 1.807) is 34.1 Å². The summed E-state index contributed by atoms with van der Waals surface area (Å²) in [4.78, 5) is 16.4. The lowest BCUT2D eigenvalue weighted by molar-refractivity contribution is 0.254. The van der Waals surface area contributed by atoms with Crippen LogP contribution < -0.4 is 9.80 Å². The molecule has 0 N–H and O–H groups in total. The predicted molar refractivity (Wildman–Crippen MR) is 96.5 cm³/mol. The zero-order valence-corrected chi connectivity index (χ0v) is 14.4. The molecular weight excluding hydrogens is 331 g/mol. The van der Waals surface area contributed by atoms with Crippen molar-refractivity contribution in [2.45, 2.75) is 19.4 Å². The largest absolute Gasteiger partial charge is 0.334 e. The molecule has 23 heavy (non-hydrogen) atoms. The van der Waals surface area contributed by atoms with Gasteiger partial charge in [0.1, 0.15) is 0 Å². The minimum Gasteiger partial charge on any atom is -0.283 e. The van der Waals surface area contributed by atoms with Gasteiger partial charge in [-0.3, -0.25) is 9.80 Å². The van der Waals surface area contributed by atoms with Crippen LogP contribution in [0.15, 0.2) is 60.8 Å². The van der Waals surface area contributed by atoms with Gasteiger partial charge in [-0.1, -0.05) is 29.8 Å². The molecule has 1 aliphatic rings. The van der Waals surface area contributed by atoms with Crippen molar-refractivity contribution < 1.29 is 4.79 Å². The maximum atomic E-state index is 13.0. The topological polar surface area (TPSA) is 23.6 Å². The van der Waals surface area contributed by atoms with Crippen molar-refractivity contribution in [3.8, 4) is 0 Å². The lowest BCUT2D eigenvalue weighted by Gasteiger charge is -2.30.